The van der Waals surface area contributed by atoms with Crippen LogP contribution in [-0.4, -0.2) is 15.7 Å². The van der Waals surface area contributed by atoms with Gasteiger partial charge in [-0.2, -0.15) is 0 Å². The molecule has 0 bridgehead atoms. The van der Waals surface area contributed by atoms with Gasteiger partial charge in [-0.05, 0) is 30.5 Å². The minimum Gasteiger partial charge on any atom is -0.354 e. The first-order valence-corrected chi connectivity index (χ1v) is 8.75. The van der Waals surface area contributed by atoms with Gasteiger partial charge in [0.25, 0.3) is 0 Å². The van der Waals surface area contributed by atoms with E-state index in [4.69, 9.17) is 11.6 Å². The van der Waals surface area contributed by atoms with Gasteiger partial charge in [-0.25, -0.2) is 0 Å². The molecule has 0 saturated heterocycles. The molecule has 0 saturated carbocycles. The SMILES string of the molecule is CCc1c(C2=CCCS2)[nH]c2ccc3[nH]c(=O)cc(Cl)c3c12. The molecule has 1 aromatic carbocycles. The molecule has 3 nitrogen and oxygen atoms in total. The Balaban J connectivity index is 2.15. The third-order valence-corrected chi connectivity index (χ3v) is 5.55. The zero-order chi connectivity index (χ0) is 15.3. The molecule has 2 aromatic heterocycles. The fourth-order valence-electron chi connectivity index (χ4n) is 3.22. The van der Waals surface area contributed by atoms with Gasteiger partial charge in [-0.1, -0.05) is 24.6 Å². The molecule has 0 spiro atoms. The van der Waals surface area contributed by atoms with Crippen LogP contribution in [0, 0.1) is 0 Å². The van der Waals surface area contributed by atoms with Crippen molar-refractivity contribution >= 4 is 50.1 Å². The number of aromatic nitrogens is 2. The van der Waals surface area contributed by atoms with Crippen LogP contribution in [0.2, 0.25) is 5.02 Å². The van der Waals surface area contributed by atoms with Gasteiger partial charge in [0.2, 0.25) is 5.56 Å². The van der Waals surface area contributed by atoms with Crippen molar-refractivity contribution < 1.29 is 0 Å². The van der Waals surface area contributed by atoms with Gasteiger partial charge in [0.1, 0.15) is 0 Å². The van der Waals surface area contributed by atoms with Crippen LogP contribution in [-0.2, 0) is 6.42 Å². The molecule has 0 fully saturated rings. The summed E-state index contributed by atoms with van der Waals surface area (Å²) in [4.78, 5) is 19.4. The maximum absolute atomic E-state index is 11.6. The van der Waals surface area contributed by atoms with Crippen LogP contribution in [0.15, 0.2) is 29.1 Å². The third-order valence-electron chi connectivity index (χ3n) is 4.13. The number of aryl methyl sites for hydroxylation is 1. The predicted octanol–water partition coefficient (Wildman–Crippen LogP) is 4.70. The van der Waals surface area contributed by atoms with Crippen molar-refractivity contribution in [1.29, 1.82) is 0 Å². The fourth-order valence-corrected chi connectivity index (χ4v) is 4.52. The highest BCUT2D eigenvalue weighted by Crippen LogP contribution is 2.40. The summed E-state index contributed by atoms with van der Waals surface area (Å²) in [5.74, 6) is 1.14. The highest BCUT2D eigenvalue weighted by Gasteiger charge is 2.19. The molecule has 0 atom stereocenters. The van der Waals surface area contributed by atoms with Crippen LogP contribution in [0.4, 0.5) is 0 Å². The molecule has 1 aliphatic heterocycles. The Labute approximate surface area is 136 Å². The molecule has 3 heterocycles. The number of aromatic amines is 2. The van der Waals surface area contributed by atoms with Crippen molar-refractivity contribution in [3.8, 4) is 0 Å². The normalized spacial score (nSPS) is 14.9. The highest BCUT2D eigenvalue weighted by atomic mass is 35.5. The quantitative estimate of drug-likeness (QED) is 0.715. The Hall–Kier alpha value is -1.65. The van der Waals surface area contributed by atoms with Crippen LogP contribution in [0.3, 0.4) is 0 Å². The molecule has 0 radical (unpaired) electrons. The molecule has 0 aliphatic carbocycles. The van der Waals surface area contributed by atoms with Crippen molar-refractivity contribution in [2.45, 2.75) is 19.8 Å². The second-order valence-corrected chi connectivity index (χ2v) is 6.97. The Bertz CT molecular complexity index is 984. The Morgan fingerprint density at radius 3 is 2.68 bits per heavy atom. The average Bonchev–Trinajstić information content (AvgIpc) is 3.13. The molecule has 0 unspecified atom stereocenters. The van der Waals surface area contributed by atoms with E-state index < -0.39 is 0 Å². The van der Waals surface area contributed by atoms with Gasteiger partial charge in [0.15, 0.2) is 0 Å². The number of halogens is 1. The van der Waals surface area contributed by atoms with Crippen molar-refractivity contribution in [1.82, 2.24) is 9.97 Å². The number of nitrogens with one attached hydrogen (secondary N) is 2. The number of allylic oxidation sites excluding steroid dienone is 1. The van der Waals surface area contributed by atoms with Crippen LogP contribution in [0.1, 0.15) is 24.6 Å². The number of thioether (sulfide) groups is 1. The van der Waals surface area contributed by atoms with Gasteiger partial charge >= 0.3 is 0 Å². The molecule has 22 heavy (non-hydrogen) atoms. The number of fused-ring (bicyclic) bond motifs is 3. The van der Waals surface area contributed by atoms with Gasteiger partial charge in [-0.15, -0.1) is 11.8 Å². The summed E-state index contributed by atoms with van der Waals surface area (Å²) in [6, 6.07) is 5.40. The lowest BCUT2D eigenvalue weighted by atomic mass is 10.0. The largest absolute Gasteiger partial charge is 0.354 e. The van der Waals surface area contributed by atoms with Crippen molar-refractivity contribution in [2.75, 3.05) is 5.75 Å². The van der Waals surface area contributed by atoms with Crippen LogP contribution < -0.4 is 5.56 Å². The summed E-state index contributed by atoms with van der Waals surface area (Å²) in [6.07, 6.45) is 4.33. The number of benzene rings is 1. The van der Waals surface area contributed by atoms with E-state index in [0.717, 1.165) is 40.4 Å². The Kier molecular flexibility index (Phi) is 3.31. The number of H-pyrrole nitrogens is 2. The monoisotopic (exact) mass is 330 g/mol. The maximum Gasteiger partial charge on any atom is 0.249 e. The fraction of sp³-hybridized carbons (Fsp3) is 0.235. The topological polar surface area (TPSA) is 48.6 Å². The Morgan fingerprint density at radius 2 is 2.00 bits per heavy atom. The number of hydrogen-bond acceptors (Lipinski definition) is 2. The molecule has 5 heteroatoms. The van der Waals surface area contributed by atoms with E-state index in [0.29, 0.717) is 5.02 Å². The first-order chi connectivity index (χ1) is 10.7. The second-order valence-electron chi connectivity index (χ2n) is 5.43. The van der Waals surface area contributed by atoms with Crippen LogP contribution in [0.25, 0.3) is 26.7 Å². The zero-order valence-corrected chi connectivity index (χ0v) is 13.7. The zero-order valence-electron chi connectivity index (χ0n) is 12.1. The molecular weight excluding hydrogens is 316 g/mol. The standard InChI is InChI=1S/C17H15ClN2OS/c1-2-9-15-11(20-17(9)13-4-3-7-22-13)5-6-12-16(15)10(18)8-14(21)19-12/h4-6,8,20H,2-3,7H2,1H3,(H,19,21). The predicted molar refractivity (Wildman–Crippen MR) is 95.9 cm³/mol. The van der Waals surface area contributed by atoms with Crippen molar-refractivity contribution in [3.63, 3.8) is 0 Å². The molecule has 0 amide bonds. The lowest BCUT2D eigenvalue weighted by Gasteiger charge is -2.05. The molecule has 2 N–H and O–H groups in total. The van der Waals surface area contributed by atoms with Gasteiger partial charge < -0.3 is 9.97 Å². The summed E-state index contributed by atoms with van der Waals surface area (Å²) < 4.78 is 0. The lowest BCUT2D eigenvalue weighted by molar-refractivity contribution is 1.14. The van der Waals surface area contributed by atoms with E-state index >= 15 is 0 Å². The van der Waals surface area contributed by atoms with Gasteiger partial charge in [0, 0.05) is 33.0 Å². The molecule has 4 rings (SSSR count). The van der Waals surface area contributed by atoms with Crippen LogP contribution in [0.5, 0.6) is 0 Å². The lowest BCUT2D eigenvalue weighted by Crippen LogP contribution is -2.03. The van der Waals surface area contributed by atoms with E-state index in [-0.39, 0.29) is 5.56 Å². The molecular formula is C17H15ClN2OS. The van der Waals surface area contributed by atoms with E-state index in [2.05, 4.69) is 23.0 Å². The number of rotatable bonds is 2. The summed E-state index contributed by atoms with van der Waals surface area (Å²) in [5.41, 5.74) is 4.17. The number of hydrogen-bond donors (Lipinski definition) is 2. The third kappa shape index (κ3) is 2.02. The smallest absolute Gasteiger partial charge is 0.249 e. The minimum absolute atomic E-state index is 0.167. The summed E-state index contributed by atoms with van der Waals surface area (Å²) in [6.45, 7) is 2.16. The van der Waals surface area contributed by atoms with E-state index in [1.165, 1.54) is 22.2 Å². The van der Waals surface area contributed by atoms with E-state index in [9.17, 15) is 4.79 Å². The maximum atomic E-state index is 11.6. The molecule has 1 aliphatic rings. The summed E-state index contributed by atoms with van der Waals surface area (Å²) in [7, 11) is 0. The molecule has 3 aromatic rings. The van der Waals surface area contributed by atoms with Crippen LogP contribution >= 0.6 is 23.4 Å². The summed E-state index contributed by atoms with van der Waals surface area (Å²) >= 11 is 8.28. The van der Waals surface area contributed by atoms with E-state index in [1.54, 1.807) is 0 Å². The minimum atomic E-state index is -0.167. The van der Waals surface area contributed by atoms with Crippen molar-refractivity contribution in [2.24, 2.45) is 0 Å². The average molecular weight is 331 g/mol. The first kappa shape index (κ1) is 14.0. The van der Waals surface area contributed by atoms with E-state index in [1.807, 2.05) is 23.9 Å². The highest BCUT2D eigenvalue weighted by molar-refractivity contribution is 8.08. The molecule has 112 valence electrons. The summed E-state index contributed by atoms with van der Waals surface area (Å²) in [5, 5.41) is 2.57. The van der Waals surface area contributed by atoms with Crippen molar-refractivity contribution in [3.05, 3.63) is 50.9 Å². The number of pyridine rings is 1. The van der Waals surface area contributed by atoms with Gasteiger partial charge in [-0.3, -0.25) is 4.79 Å². The van der Waals surface area contributed by atoms with Gasteiger partial charge in [0.05, 0.1) is 16.2 Å². The second kappa shape index (κ2) is 5.21. The first-order valence-electron chi connectivity index (χ1n) is 7.38. The Morgan fingerprint density at radius 1 is 1.23 bits per heavy atom.